The third kappa shape index (κ3) is 3.62. The molecule has 1 fully saturated rings. The third-order valence-electron chi connectivity index (χ3n) is 3.39. The van der Waals surface area contributed by atoms with E-state index >= 15 is 0 Å². The molecular formula is C12H17F2N3O2S. The highest BCUT2D eigenvalue weighted by molar-refractivity contribution is 7.99. The van der Waals surface area contributed by atoms with Gasteiger partial charge in [0.25, 0.3) is 6.43 Å². The number of piperidine rings is 1. The van der Waals surface area contributed by atoms with Gasteiger partial charge in [-0.05, 0) is 18.8 Å². The molecule has 0 spiro atoms. The average molecular weight is 305 g/mol. The van der Waals surface area contributed by atoms with Crippen molar-refractivity contribution >= 4 is 17.9 Å². The van der Waals surface area contributed by atoms with Crippen molar-refractivity contribution in [2.24, 2.45) is 13.0 Å². The van der Waals surface area contributed by atoms with Gasteiger partial charge in [0.15, 0.2) is 0 Å². The number of rotatable bonds is 4. The first-order valence-corrected chi connectivity index (χ1v) is 7.38. The van der Waals surface area contributed by atoms with Crippen molar-refractivity contribution in [2.45, 2.75) is 24.2 Å². The topological polar surface area (TPSA) is 58.4 Å². The molecule has 0 bridgehead atoms. The van der Waals surface area contributed by atoms with Crippen molar-refractivity contribution in [3.8, 4) is 0 Å². The molecule has 1 aliphatic heterocycles. The fraction of sp³-hybridized carbons (Fsp3) is 0.667. The normalized spacial score (nSPS) is 16.9. The molecule has 0 radical (unpaired) electrons. The predicted molar refractivity (Wildman–Crippen MR) is 71.2 cm³/mol. The largest absolute Gasteiger partial charge is 0.465 e. The lowest BCUT2D eigenvalue weighted by Crippen LogP contribution is -2.37. The lowest BCUT2D eigenvalue weighted by molar-refractivity contribution is 0.127. The molecule has 1 aromatic heterocycles. The number of alkyl halides is 2. The van der Waals surface area contributed by atoms with Gasteiger partial charge < -0.3 is 10.0 Å². The van der Waals surface area contributed by atoms with Crippen molar-refractivity contribution in [1.82, 2.24) is 14.7 Å². The number of hydrogen-bond donors (Lipinski definition) is 1. The van der Waals surface area contributed by atoms with Crippen LogP contribution in [0.4, 0.5) is 13.6 Å². The molecule has 20 heavy (non-hydrogen) atoms. The molecule has 0 aromatic carbocycles. The van der Waals surface area contributed by atoms with Crippen LogP contribution < -0.4 is 0 Å². The van der Waals surface area contributed by atoms with E-state index in [1.54, 1.807) is 13.2 Å². The second-order valence-electron chi connectivity index (χ2n) is 4.88. The number of carbonyl (C=O) groups is 1. The summed E-state index contributed by atoms with van der Waals surface area (Å²) < 4.78 is 27.0. The van der Waals surface area contributed by atoms with E-state index < -0.39 is 12.5 Å². The Morgan fingerprint density at radius 3 is 2.75 bits per heavy atom. The summed E-state index contributed by atoms with van der Waals surface area (Å²) in [4.78, 5) is 12.7. The molecule has 1 aromatic rings. The fourth-order valence-electron chi connectivity index (χ4n) is 2.24. The molecule has 0 unspecified atom stereocenters. The van der Waals surface area contributed by atoms with E-state index in [0.717, 1.165) is 18.6 Å². The number of aromatic nitrogens is 2. The number of halogens is 2. The van der Waals surface area contributed by atoms with Crippen LogP contribution in [0, 0.1) is 5.92 Å². The van der Waals surface area contributed by atoms with Crippen LogP contribution in [0.5, 0.6) is 0 Å². The average Bonchev–Trinajstić information content (AvgIpc) is 2.78. The second kappa shape index (κ2) is 6.43. The molecule has 0 aliphatic carbocycles. The van der Waals surface area contributed by atoms with Gasteiger partial charge in [-0.3, -0.25) is 4.68 Å². The van der Waals surface area contributed by atoms with E-state index in [4.69, 9.17) is 5.11 Å². The Balaban J connectivity index is 1.86. The summed E-state index contributed by atoms with van der Waals surface area (Å²) in [5.41, 5.74) is -0.166. The summed E-state index contributed by atoms with van der Waals surface area (Å²) in [5, 5.41) is 12.6. The zero-order valence-electron chi connectivity index (χ0n) is 11.1. The van der Waals surface area contributed by atoms with E-state index in [0.29, 0.717) is 23.9 Å². The van der Waals surface area contributed by atoms with Crippen molar-refractivity contribution in [3.05, 3.63) is 11.9 Å². The van der Waals surface area contributed by atoms with Gasteiger partial charge in [-0.15, -0.1) is 11.8 Å². The number of thioether (sulfide) groups is 1. The summed E-state index contributed by atoms with van der Waals surface area (Å²) in [6, 6.07) is 0. The molecule has 1 N–H and O–H groups in total. The Morgan fingerprint density at radius 2 is 2.20 bits per heavy atom. The summed E-state index contributed by atoms with van der Waals surface area (Å²) in [7, 11) is 1.63. The highest BCUT2D eigenvalue weighted by Gasteiger charge is 2.24. The van der Waals surface area contributed by atoms with Crippen LogP contribution in [0.15, 0.2) is 11.1 Å². The van der Waals surface area contributed by atoms with Gasteiger partial charge in [-0.25, -0.2) is 13.6 Å². The van der Waals surface area contributed by atoms with Crippen LogP contribution in [0.2, 0.25) is 0 Å². The summed E-state index contributed by atoms with van der Waals surface area (Å²) in [6.07, 6.45) is -0.276. The summed E-state index contributed by atoms with van der Waals surface area (Å²) >= 11 is 1.38. The maximum atomic E-state index is 12.8. The first kappa shape index (κ1) is 15.1. The van der Waals surface area contributed by atoms with Crippen LogP contribution in [-0.2, 0) is 7.05 Å². The minimum absolute atomic E-state index is 0.166. The number of hydrogen-bond acceptors (Lipinski definition) is 3. The number of nitrogens with zero attached hydrogens (tertiary/aromatic N) is 3. The molecule has 2 rings (SSSR count). The first-order chi connectivity index (χ1) is 9.47. The maximum Gasteiger partial charge on any atom is 0.407 e. The summed E-state index contributed by atoms with van der Waals surface area (Å²) in [5.74, 6) is 1.08. The van der Waals surface area contributed by atoms with Crippen molar-refractivity contribution in [3.63, 3.8) is 0 Å². The minimum Gasteiger partial charge on any atom is -0.465 e. The quantitative estimate of drug-likeness (QED) is 0.869. The van der Waals surface area contributed by atoms with Gasteiger partial charge in [-0.1, -0.05) is 0 Å². The maximum absolute atomic E-state index is 12.8. The van der Waals surface area contributed by atoms with E-state index in [2.05, 4.69) is 5.10 Å². The summed E-state index contributed by atoms with van der Waals surface area (Å²) in [6.45, 7) is 1.05. The Labute approximate surface area is 119 Å². The lowest BCUT2D eigenvalue weighted by Gasteiger charge is -2.29. The lowest BCUT2D eigenvalue weighted by atomic mass is 9.99. The monoisotopic (exact) mass is 305 g/mol. The molecule has 1 aliphatic rings. The molecule has 2 heterocycles. The minimum atomic E-state index is -2.56. The zero-order chi connectivity index (χ0) is 14.7. The van der Waals surface area contributed by atoms with Crippen LogP contribution in [0.25, 0.3) is 0 Å². The van der Waals surface area contributed by atoms with Gasteiger partial charge in [-0.2, -0.15) is 5.10 Å². The number of amides is 1. The SMILES string of the molecule is Cn1cc(SCC2CCN(C(=O)O)CC2)c(C(F)F)n1. The second-order valence-corrected chi connectivity index (χ2v) is 5.94. The van der Waals surface area contributed by atoms with E-state index in [1.807, 2.05) is 0 Å². The van der Waals surface area contributed by atoms with Crippen LogP contribution >= 0.6 is 11.8 Å². The molecule has 1 amide bonds. The molecule has 1 saturated heterocycles. The van der Waals surface area contributed by atoms with Gasteiger partial charge in [0.1, 0.15) is 5.69 Å². The van der Waals surface area contributed by atoms with Crippen molar-refractivity contribution in [2.75, 3.05) is 18.8 Å². The molecule has 5 nitrogen and oxygen atoms in total. The first-order valence-electron chi connectivity index (χ1n) is 6.39. The Bertz CT molecular complexity index is 473. The van der Waals surface area contributed by atoms with Crippen molar-refractivity contribution in [1.29, 1.82) is 0 Å². The number of likely N-dealkylation sites (tertiary alicyclic amines) is 1. The predicted octanol–water partition coefficient (Wildman–Crippen LogP) is 2.84. The van der Waals surface area contributed by atoms with Gasteiger partial charge >= 0.3 is 6.09 Å². The highest BCUT2D eigenvalue weighted by atomic mass is 32.2. The Kier molecular flexibility index (Phi) is 4.85. The number of aryl methyl sites for hydroxylation is 1. The highest BCUT2D eigenvalue weighted by Crippen LogP contribution is 2.32. The van der Waals surface area contributed by atoms with Crippen LogP contribution in [0.3, 0.4) is 0 Å². The Morgan fingerprint density at radius 1 is 1.55 bits per heavy atom. The molecular weight excluding hydrogens is 288 g/mol. The van der Waals surface area contributed by atoms with E-state index in [-0.39, 0.29) is 5.69 Å². The fourth-order valence-corrected chi connectivity index (χ4v) is 3.50. The smallest absolute Gasteiger partial charge is 0.407 e. The van der Waals surface area contributed by atoms with Crippen molar-refractivity contribution < 1.29 is 18.7 Å². The standard InChI is InChI=1S/C12H17F2N3O2S/c1-16-6-9(10(15-16)11(13)14)20-7-8-2-4-17(5-3-8)12(18)19/h6,8,11H,2-5,7H2,1H3,(H,18,19). The van der Waals surface area contributed by atoms with E-state index in [1.165, 1.54) is 21.3 Å². The molecule has 0 atom stereocenters. The van der Waals surface area contributed by atoms with Gasteiger partial charge in [0, 0.05) is 32.1 Å². The molecule has 112 valence electrons. The number of carboxylic acid groups (broad SMARTS) is 1. The van der Waals surface area contributed by atoms with Gasteiger partial charge in [0.05, 0.1) is 4.90 Å². The van der Waals surface area contributed by atoms with Crippen LogP contribution in [-0.4, -0.2) is 44.7 Å². The zero-order valence-corrected chi connectivity index (χ0v) is 11.9. The van der Waals surface area contributed by atoms with Gasteiger partial charge in [0.2, 0.25) is 0 Å². The van der Waals surface area contributed by atoms with E-state index in [9.17, 15) is 13.6 Å². The Hall–Kier alpha value is -1.31. The molecule has 8 heteroatoms. The molecule has 0 saturated carbocycles. The van der Waals surface area contributed by atoms with Crippen LogP contribution in [0.1, 0.15) is 25.0 Å². The third-order valence-corrected chi connectivity index (χ3v) is 4.65.